The first-order chi connectivity index (χ1) is 8.53. The van der Waals surface area contributed by atoms with Gasteiger partial charge in [0.15, 0.2) is 0 Å². The summed E-state index contributed by atoms with van der Waals surface area (Å²) in [6, 6.07) is 0.646. The van der Waals surface area contributed by atoms with Gasteiger partial charge in [0.2, 0.25) is 10.0 Å². The molecule has 18 heavy (non-hydrogen) atoms. The van der Waals surface area contributed by atoms with E-state index in [0.29, 0.717) is 19.1 Å². The zero-order chi connectivity index (χ0) is 13.4. The predicted molar refractivity (Wildman–Crippen MR) is 72.2 cm³/mol. The fraction of sp³-hybridized carbons (Fsp3) is 1.00. The van der Waals surface area contributed by atoms with Gasteiger partial charge in [-0.25, -0.2) is 13.1 Å². The number of ether oxygens (including phenoxy) is 1. The fourth-order valence-electron chi connectivity index (χ4n) is 2.01. The molecular formula is C11H25N3O3S. The monoisotopic (exact) mass is 279 g/mol. The molecule has 2 atom stereocenters. The standard InChI is InChI=1S/C11H25N3O3S/c1-3-14-18(15,16)7-5-12-10(2)8-11-9-17-6-4-13-11/h10-14H,3-9H2,1-2H3. The molecule has 108 valence electrons. The lowest BCUT2D eigenvalue weighted by Crippen LogP contribution is -2.45. The highest BCUT2D eigenvalue weighted by molar-refractivity contribution is 7.89. The summed E-state index contributed by atoms with van der Waals surface area (Å²) < 4.78 is 30.7. The molecule has 6 nitrogen and oxygen atoms in total. The van der Waals surface area contributed by atoms with Crippen molar-refractivity contribution in [2.24, 2.45) is 0 Å². The third kappa shape index (κ3) is 6.65. The Bertz CT molecular complexity index is 315. The van der Waals surface area contributed by atoms with Crippen LogP contribution in [0.25, 0.3) is 0 Å². The SMILES string of the molecule is CCNS(=O)(=O)CCNC(C)CC1COCCN1. The van der Waals surface area contributed by atoms with Crippen LogP contribution in [0.5, 0.6) is 0 Å². The van der Waals surface area contributed by atoms with E-state index in [0.717, 1.165) is 26.2 Å². The Balaban J connectivity index is 2.14. The van der Waals surface area contributed by atoms with Crippen LogP contribution in [0.2, 0.25) is 0 Å². The number of sulfonamides is 1. The number of hydrogen-bond donors (Lipinski definition) is 3. The van der Waals surface area contributed by atoms with E-state index in [-0.39, 0.29) is 11.8 Å². The largest absolute Gasteiger partial charge is 0.379 e. The molecule has 1 rings (SSSR count). The number of nitrogens with one attached hydrogen (secondary N) is 3. The van der Waals surface area contributed by atoms with Gasteiger partial charge in [-0.3, -0.25) is 0 Å². The minimum absolute atomic E-state index is 0.125. The van der Waals surface area contributed by atoms with Crippen LogP contribution in [0.15, 0.2) is 0 Å². The van der Waals surface area contributed by atoms with E-state index in [2.05, 4.69) is 22.3 Å². The zero-order valence-electron chi connectivity index (χ0n) is 11.2. The summed E-state index contributed by atoms with van der Waals surface area (Å²) in [5.74, 6) is 0.125. The minimum atomic E-state index is -3.11. The molecule has 0 saturated carbocycles. The van der Waals surface area contributed by atoms with E-state index < -0.39 is 10.0 Å². The van der Waals surface area contributed by atoms with Gasteiger partial charge in [0.25, 0.3) is 0 Å². The molecule has 0 bridgehead atoms. The van der Waals surface area contributed by atoms with E-state index >= 15 is 0 Å². The van der Waals surface area contributed by atoms with Crippen LogP contribution in [-0.4, -0.2) is 59.1 Å². The molecule has 2 unspecified atom stereocenters. The highest BCUT2D eigenvalue weighted by Crippen LogP contribution is 2.02. The van der Waals surface area contributed by atoms with Crippen molar-refractivity contribution in [3.05, 3.63) is 0 Å². The summed E-state index contributed by atoms with van der Waals surface area (Å²) >= 11 is 0. The average molecular weight is 279 g/mol. The lowest BCUT2D eigenvalue weighted by Gasteiger charge is -2.26. The molecule has 1 aliphatic heterocycles. The fourth-order valence-corrected chi connectivity index (χ4v) is 2.98. The second-order valence-electron chi connectivity index (χ2n) is 4.63. The summed E-state index contributed by atoms with van der Waals surface area (Å²) in [6.45, 7) is 7.18. The maximum Gasteiger partial charge on any atom is 0.212 e. The third-order valence-electron chi connectivity index (χ3n) is 2.86. The van der Waals surface area contributed by atoms with Gasteiger partial charge in [0, 0.05) is 31.7 Å². The van der Waals surface area contributed by atoms with Crippen molar-refractivity contribution in [2.75, 3.05) is 38.6 Å². The van der Waals surface area contributed by atoms with Gasteiger partial charge < -0.3 is 15.4 Å². The molecule has 0 amide bonds. The van der Waals surface area contributed by atoms with Gasteiger partial charge in [-0.2, -0.15) is 0 Å². The number of hydrogen-bond acceptors (Lipinski definition) is 5. The first kappa shape index (κ1) is 15.8. The average Bonchev–Trinajstić information content (AvgIpc) is 2.29. The summed E-state index contributed by atoms with van der Waals surface area (Å²) in [6.07, 6.45) is 0.946. The molecule has 1 heterocycles. The highest BCUT2D eigenvalue weighted by atomic mass is 32.2. The van der Waals surface area contributed by atoms with Crippen LogP contribution < -0.4 is 15.4 Å². The predicted octanol–water partition coefficient (Wildman–Crippen LogP) is -0.718. The van der Waals surface area contributed by atoms with Crippen LogP contribution in [0.4, 0.5) is 0 Å². The Labute approximate surface area is 110 Å². The number of rotatable bonds is 8. The molecule has 1 saturated heterocycles. The Kier molecular flexibility index (Phi) is 7.10. The Morgan fingerprint density at radius 3 is 2.89 bits per heavy atom. The first-order valence-corrected chi connectivity index (χ1v) is 8.20. The summed E-state index contributed by atoms with van der Waals surface area (Å²) in [5, 5.41) is 6.61. The van der Waals surface area contributed by atoms with E-state index in [9.17, 15) is 8.42 Å². The van der Waals surface area contributed by atoms with Gasteiger partial charge in [-0.15, -0.1) is 0 Å². The molecule has 0 aromatic heterocycles. The Morgan fingerprint density at radius 2 is 2.28 bits per heavy atom. The Hall–Kier alpha value is -0.210. The zero-order valence-corrected chi connectivity index (χ0v) is 12.1. The second kappa shape index (κ2) is 8.06. The van der Waals surface area contributed by atoms with Gasteiger partial charge in [-0.1, -0.05) is 6.92 Å². The van der Waals surface area contributed by atoms with E-state index in [1.54, 1.807) is 6.92 Å². The van der Waals surface area contributed by atoms with Crippen LogP contribution in [0.3, 0.4) is 0 Å². The molecule has 0 aliphatic carbocycles. The van der Waals surface area contributed by atoms with Crippen LogP contribution >= 0.6 is 0 Å². The van der Waals surface area contributed by atoms with Gasteiger partial charge in [-0.05, 0) is 13.3 Å². The van der Waals surface area contributed by atoms with Crippen LogP contribution in [0, 0.1) is 0 Å². The van der Waals surface area contributed by atoms with Crippen molar-refractivity contribution in [2.45, 2.75) is 32.4 Å². The number of morpholine rings is 1. The van der Waals surface area contributed by atoms with Crippen molar-refractivity contribution in [3.63, 3.8) is 0 Å². The molecule has 0 spiro atoms. The highest BCUT2D eigenvalue weighted by Gasteiger charge is 2.16. The van der Waals surface area contributed by atoms with Crippen molar-refractivity contribution in [3.8, 4) is 0 Å². The third-order valence-corrected chi connectivity index (χ3v) is 4.33. The molecule has 1 fully saturated rings. The lowest BCUT2D eigenvalue weighted by atomic mass is 10.1. The van der Waals surface area contributed by atoms with E-state index in [1.165, 1.54) is 0 Å². The summed E-state index contributed by atoms with van der Waals surface area (Å²) in [7, 11) is -3.11. The molecule has 1 aliphatic rings. The topological polar surface area (TPSA) is 79.5 Å². The first-order valence-electron chi connectivity index (χ1n) is 6.55. The van der Waals surface area contributed by atoms with Crippen LogP contribution in [0.1, 0.15) is 20.3 Å². The quantitative estimate of drug-likeness (QED) is 0.546. The molecule has 0 aromatic carbocycles. The molecule has 7 heteroatoms. The van der Waals surface area contributed by atoms with Crippen molar-refractivity contribution >= 4 is 10.0 Å². The molecule has 0 aromatic rings. The van der Waals surface area contributed by atoms with E-state index in [4.69, 9.17) is 4.74 Å². The molecule has 0 radical (unpaired) electrons. The van der Waals surface area contributed by atoms with Crippen LogP contribution in [-0.2, 0) is 14.8 Å². The van der Waals surface area contributed by atoms with Crippen molar-refractivity contribution in [1.82, 2.24) is 15.4 Å². The summed E-state index contributed by atoms with van der Waals surface area (Å²) in [4.78, 5) is 0. The maximum atomic E-state index is 11.4. The summed E-state index contributed by atoms with van der Waals surface area (Å²) in [5.41, 5.74) is 0. The van der Waals surface area contributed by atoms with Crippen molar-refractivity contribution < 1.29 is 13.2 Å². The lowest BCUT2D eigenvalue weighted by molar-refractivity contribution is 0.0713. The second-order valence-corrected chi connectivity index (χ2v) is 6.56. The maximum absolute atomic E-state index is 11.4. The Morgan fingerprint density at radius 1 is 1.50 bits per heavy atom. The van der Waals surface area contributed by atoms with E-state index in [1.807, 2.05) is 0 Å². The normalized spacial score (nSPS) is 22.9. The minimum Gasteiger partial charge on any atom is -0.379 e. The molecular weight excluding hydrogens is 254 g/mol. The smallest absolute Gasteiger partial charge is 0.212 e. The molecule has 3 N–H and O–H groups in total. The van der Waals surface area contributed by atoms with Crippen molar-refractivity contribution in [1.29, 1.82) is 0 Å². The van der Waals surface area contributed by atoms with Gasteiger partial charge in [0.05, 0.1) is 19.0 Å². The van der Waals surface area contributed by atoms with Gasteiger partial charge >= 0.3 is 0 Å². The van der Waals surface area contributed by atoms with Gasteiger partial charge in [0.1, 0.15) is 0 Å².